The smallest absolute Gasteiger partial charge is 0.244 e. The molecule has 1 aromatic carbocycles. The molecule has 2 N–H and O–H groups in total. The lowest BCUT2D eigenvalue weighted by molar-refractivity contribution is 0.414. The molecule has 7 nitrogen and oxygen atoms in total. The normalized spacial score (nSPS) is 10.3. The Labute approximate surface area is 133 Å². The van der Waals surface area contributed by atoms with Crippen molar-refractivity contribution in [3.63, 3.8) is 0 Å². The first kappa shape index (κ1) is 14.8. The first-order chi connectivity index (χ1) is 11.3. The highest BCUT2D eigenvalue weighted by Crippen LogP contribution is 2.13. The number of furan rings is 1. The zero-order chi connectivity index (χ0) is 15.9. The fraction of sp³-hybridized carbons (Fsp3) is 0.188. The average Bonchev–Trinajstić information content (AvgIpc) is 3.12. The maximum Gasteiger partial charge on any atom is 0.244 e. The lowest BCUT2D eigenvalue weighted by Gasteiger charge is -2.07. The van der Waals surface area contributed by atoms with E-state index in [2.05, 4.69) is 25.8 Å². The summed E-state index contributed by atoms with van der Waals surface area (Å²) in [6.07, 6.45) is 3.21. The van der Waals surface area contributed by atoms with Crippen molar-refractivity contribution < 1.29 is 9.15 Å². The second kappa shape index (κ2) is 7.26. The zero-order valence-electron chi connectivity index (χ0n) is 12.7. The van der Waals surface area contributed by atoms with E-state index < -0.39 is 0 Å². The van der Waals surface area contributed by atoms with Gasteiger partial charge < -0.3 is 19.8 Å². The van der Waals surface area contributed by atoms with Crippen LogP contribution in [0.3, 0.4) is 0 Å². The molecule has 2 heterocycles. The molecule has 118 valence electrons. The Morgan fingerprint density at radius 1 is 1.09 bits per heavy atom. The van der Waals surface area contributed by atoms with E-state index in [1.54, 1.807) is 19.6 Å². The predicted molar refractivity (Wildman–Crippen MR) is 86.2 cm³/mol. The van der Waals surface area contributed by atoms with E-state index in [0.29, 0.717) is 24.9 Å². The summed E-state index contributed by atoms with van der Waals surface area (Å²) in [6.45, 7) is 1.15. The highest BCUT2D eigenvalue weighted by molar-refractivity contribution is 5.38. The van der Waals surface area contributed by atoms with Gasteiger partial charge in [0.15, 0.2) is 5.82 Å². The lowest BCUT2D eigenvalue weighted by atomic mass is 10.2. The Kier molecular flexibility index (Phi) is 4.68. The van der Waals surface area contributed by atoms with Gasteiger partial charge in [0.2, 0.25) is 5.95 Å². The molecule has 23 heavy (non-hydrogen) atoms. The van der Waals surface area contributed by atoms with Gasteiger partial charge >= 0.3 is 0 Å². The minimum Gasteiger partial charge on any atom is -0.497 e. The number of methoxy groups -OCH3 is 1. The number of hydrogen-bond donors (Lipinski definition) is 2. The van der Waals surface area contributed by atoms with Crippen LogP contribution in [0.25, 0.3) is 0 Å². The number of aromatic nitrogens is 3. The molecule has 0 radical (unpaired) electrons. The molecule has 2 aromatic heterocycles. The number of nitrogens with one attached hydrogen (secondary N) is 2. The molecule has 0 atom stereocenters. The molecule has 7 heteroatoms. The van der Waals surface area contributed by atoms with E-state index in [9.17, 15) is 0 Å². The van der Waals surface area contributed by atoms with E-state index in [4.69, 9.17) is 9.15 Å². The van der Waals surface area contributed by atoms with Gasteiger partial charge in [-0.3, -0.25) is 0 Å². The molecule has 0 aliphatic carbocycles. The van der Waals surface area contributed by atoms with Crippen LogP contribution in [0.4, 0.5) is 11.8 Å². The largest absolute Gasteiger partial charge is 0.497 e. The van der Waals surface area contributed by atoms with Crippen molar-refractivity contribution in [2.75, 3.05) is 17.7 Å². The van der Waals surface area contributed by atoms with E-state index >= 15 is 0 Å². The number of anilines is 2. The van der Waals surface area contributed by atoms with Gasteiger partial charge in [0.1, 0.15) is 11.5 Å². The Morgan fingerprint density at radius 3 is 2.70 bits per heavy atom. The average molecular weight is 311 g/mol. The number of nitrogens with zero attached hydrogens (tertiary/aromatic N) is 3. The monoisotopic (exact) mass is 311 g/mol. The molecule has 0 bridgehead atoms. The highest BCUT2D eigenvalue weighted by Gasteiger charge is 2.02. The van der Waals surface area contributed by atoms with Crippen LogP contribution in [0.15, 0.2) is 53.3 Å². The van der Waals surface area contributed by atoms with Crippen LogP contribution in [0.1, 0.15) is 11.3 Å². The highest BCUT2D eigenvalue weighted by atomic mass is 16.5. The lowest BCUT2D eigenvalue weighted by Crippen LogP contribution is -2.08. The molecule has 0 aliphatic heterocycles. The van der Waals surface area contributed by atoms with Gasteiger partial charge in [-0.15, -0.1) is 5.10 Å². The molecule has 0 saturated carbocycles. The molecule has 0 fully saturated rings. The first-order valence-corrected chi connectivity index (χ1v) is 7.16. The third-order valence-corrected chi connectivity index (χ3v) is 3.19. The third-order valence-electron chi connectivity index (χ3n) is 3.19. The van der Waals surface area contributed by atoms with Crippen molar-refractivity contribution in [2.24, 2.45) is 0 Å². The zero-order valence-corrected chi connectivity index (χ0v) is 12.7. The minimum atomic E-state index is 0.463. The van der Waals surface area contributed by atoms with Gasteiger partial charge in [0.25, 0.3) is 0 Å². The maximum absolute atomic E-state index is 5.26. The van der Waals surface area contributed by atoms with Crippen LogP contribution < -0.4 is 15.4 Å². The first-order valence-electron chi connectivity index (χ1n) is 7.16. The van der Waals surface area contributed by atoms with Crippen molar-refractivity contribution in [3.8, 4) is 5.75 Å². The summed E-state index contributed by atoms with van der Waals surface area (Å²) < 4.78 is 10.4. The van der Waals surface area contributed by atoms with Gasteiger partial charge in [-0.05, 0) is 29.8 Å². The van der Waals surface area contributed by atoms with Crippen LogP contribution in [0.5, 0.6) is 5.75 Å². The van der Waals surface area contributed by atoms with Crippen LogP contribution in [-0.4, -0.2) is 22.3 Å². The molecular weight excluding hydrogens is 294 g/mol. The quantitative estimate of drug-likeness (QED) is 0.694. The van der Waals surface area contributed by atoms with E-state index in [0.717, 1.165) is 17.1 Å². The van der Waals surface area contributed by atoms with Crippen molar-refractivity contribution in [3.05, 3.63) is 60.2 Å². The van der Waals surface area contributed by atoms with Crippen LogP contribution in [0, 0.1) is 0 Å². The number of rotatable bonds is 7. The number of ether oxygens (including phenoxy) is 1. The summed E-state index contributed by atoms with van der Waals surface area (Å²) >= 11 is 0. The molecule has 0 saturated heterocycles. The molecule has 3 aromatic rings. The number of benzene rings is 1. The summed E-state index contributed by atoms with van der Waals surface area (Å²) in [5.41, 5.74) is 1.10. The van der Waals surface area contributed by atoms with Crippen molar-refractivity contribution in [1.29, 1.82) is 0 Å². The van der Waals surface area contributed by atoms with Crippen LogP contribution in [0.2, 0.25) is 0 Å². The maximum atomic E-state index is 5.26. The van der Waals surface area contributed by atoms with Gasteiger partial charge in [-0.25, -0.2) is 0 Å². The fourth-order valence-electron chi connectivity index (χ4n) is 1.98. The number of hydrogen-bond acceptors (Lipinski definition) is 7. The second-order valence-electron chi connectivity index (χ2n) is 4.80. The summed E-state index contributed by atoms with van der Waals surface area (Å²) in [5, 5.41) is 14.2. The van der Waals surface area contributed by atoms with Crippen molar-refractivity contribution in [1.82, 2.24) is 15.2 Å². The van der Waals surface area contributed by atoms with E-state index in [1.807, 2.05) is 36.4 Å². The Hall–Kier alpha value is -3.09. The van der Waals surface area contributed by atoms with Crippen molar-refractivity contribution >= 4 is 11.8 Å². The Bertz CT molecular complexity index is 728. The van der Waals surface area contributed by atoms with E-state index in [-0.39, 0.29) is 0 Å². The summed E-state index contributed by atoms with van der Waals surface area (Å²) in [6, 6.07) is 11.5. The summed E-state index contributed by atoms with van der Waals surface area (Å²) in [4.78, 5) is 4.36. The third kappa shape index (κ3) is 4.19. The van der Waals surface area contributed by atoms with Gasteiger partial charge in [-0.2, -0.15) is 10.1 Å². The molecule has 0 aliphatic rings. The molecule has 0 amide bonds. The van der Waals surface area contributed by atoms with Gasteiger partial charge in [0.05, 0.1) is 26.1 Å². The minimum absolute atomic E-state index is 0.463. The SMILES string of the molecule is COc1ccc(CNc2nncc(NCc3ccco3)n2)cc1. The summed E-state index contributed by atoms with van der Waals surface area (Å²) in [5.74, 6) is 2.76. The predicted octanol–water partition coefficient (Wildman–Crippen LogP) is 2.70. The van der Waals surface area contributed by atoms with Crippen LogP contribution in [-0.2, 0) is 13.1 Å². The molecule has 3 rings (SSSR count). The van der Waals surface area contributed by atoms with E-state index in [1.165, 1.54) is 0 Å². The molecular formula is C16H17N5O2. The van der Waals surface area contributed by atoms with Gasteiger partial charge in [0, 0.05) is 6.54 Å². The molecule has 0 unspecified atom stereocenters. The Morgan fingerprint density at radius 2 is 1.96 bits per heavy atom. The van der Waals surface area contributed by atoms with Gasteiger partial charge in [-0.1, -0.05) is 12.1 Å². The second-order valence-corrected chi connectivity index (χ2v) is 4.80. The standard InChI is InChI=1S/C16H17N5O2/c1-22-13-6-4-12(5-7-13)9-18-16-20-15(11-19-21-16)17-10-14-3-2-8-23-14/h2-8,11H,9-10H2,1H3,(H2,17,18,20,21). The molecule has 0 spiro atoms. The Balaban J connectivity index is 1.56. The van der Waals surface area contributed by atoms with Crippen LogP contribution >= 0.6 is 0 Å². The van der Waals surface area contributed by atoms with Crippen molar-refractivity contribution in [2.45, 2.75) is 13.1 Å². The topological polar surface area (TPSA) is 85.1 Å². The summed E-state index contributed by atoms with van der Waals surface area (Å²) in [7, 11) is 1.65. The fourth-order valence-corrected chi connectivity index (χ4v) is 1.98.